The van der Waals surface area contributed by atoms with Gasteiger partial charge >= 0.3 is 6.03 Å². The summed E-state index contributed by atoms with van der Waals surface area (Å²) < 4.78 is 5.49. The van der Waals surface area contributed by atoms with Gasteiger partial charge in [-0.25, -0.2) is 9.79 Å². The predicted molar refractivity (Wildman–Crippen MR) is 107 cm³/mol. The van der Waals surface area contributed by atoms with Crippen molar-refractivity contribution in [3.63, 3.8) is 0 Å². The van der Waals surface area contributed by atoms with Crippen LogP contribution in [0.5, 0.6) is 0 Å². The minimum absolute atomic E-state index is 0.0132. The fourth-order valence-corrected chi connectivity index (χ4v) is 3.22. The van der Waals surface area contributed by atoms with Gasteiger partial charge in [-0.15, -0.1) is 10.2 Å². The molecule has 1 unspecified atom stereocenters. The Bertz CT molecular complexity index is 1030. The first-order valence-electron chi connectivity index (χ1n) is 8.76. The van der Waals surface area contributed by atoms with E-state index in [0.717, 1.165) is 16.7 Å². The van der Waals surface area contributed by atoms with E-state index in [4.69, 9.17) is 10.2 Å². The molecule has 1 aromatic heterocycles. The lowest BCUT2D eigenvalue weighted by Gasteiger charge is -2.24. The topological polar surface area (TPSA) is 161 Å². The molecule has 5 amide bonds. The fraction of sp³-hybridized carbons (Fsp3) is 0.278. The number of carbonyl (C=O) groups excluding carboxylic acids is 4. The van der Waals surface area contributed by atoms with Crippen molar-refractivity contribution in [1.29, 1.82) is 0 Å². The number of aromatic nitrogens is 2. The number of aliphatic imine (C=N–C) groups is 1. The SMILES string of the molecule is CC1=NC(=O)N(C)C(=O)C1Cc1nnc(SCC(=O)Nc2ccc(C(N)=O)cc2)o1. The van der Waals surface area contributed by atoms with Gasteiger partial charge in [0, 0.05) is 30.4 Å². The van der Waals surface area contributed by atoms with Crippen molar-refractivity contribution in [2.24, 2.45) is 16.6 Å². The molecule has 1 atom stereocenters. The Hall–Kier alpha value is -3.54. The van der Waals surface area contributed by atoms with E-state index in [-0.39, 0.29) is 35.1 Å². The normalized spacial score (nSPS) is 16.4. The molecule has 0 bridgehead atoms. The van der Waals surface area contributed by atoms with E-state index in [2.05, 4.69) is 20.5 Å². The minimum Gasteiger partial charge on any atom is -0.416 e. The summed E-state index contributed by atoms with van der Waals surface area (Å²) in [5.41, 5.74) is 6.41. The largest absolute Gasteiger partial charge is 0.416 e. The second kappa shape index (κ2) is 8.86. The number of nitrogens with two attached hydrogens (primary N) is 1. The Kier molecular flexibility index (Phi) is 6.26. The van der Waals surface area contributed by atoms with Gasteiger partial charge in [0.25, 0.3) is 5.22 Å². The number of anilines is 1. The number of nitrogens with zero attached hydrogens (tertiary/aromatic N) is 4. The van der Waals surface area contributed by atoms with Crippen LogP contribution in [0.1, 0.15) is 23.2 Å². The summed E-state index contributed by atoms with van der Waals surface area (Å²) in [6.07, 6.45) is 0.109. The van der Waals surface area contributed by atoms with E-state index in [0.29, 0.717) is 17.0 Å². The van der Waals surface area contributed by atoms with Crippen LogP contribution < -0.4 is 11.1 Å². The van der Waals surface area contributed by atoms with Crippen LogP contribution in [0, 0.1) is 5.92 Å². The molecule has 0 spiro atoms. The van der Waals surface area contributed by atoms with Crippen LogP contribution in [0.4, 0.5) is 10.5 Å². The number of benzene rings is 1. The zero-order valence-corrected chi connectivity index (χ0v) is 16.9. The molecule has 12 heteroatoms. The van der Waals surface area contributed by atoms with Crippen LogP contribution in [0.3, 0.4) is 0 Å². The van der Waals surface area contributed by atoms with Gasteiger partial charge in [0.1, 0.15) is 0 Å². The van der Waals surface area contributed by atoms with Gasteiger partial charge in [0.15, 0.2) is 0 Å². The van der Waals surface area contributed by atoms with Gasteiger partial charge < -0.3 is 15.5 Å². The number of thioether (sulfide) groups is 1. The van der Waals surface area contributed by atoms with Crippen molar-refractivity contribution in [1.82, 2.24) is 15.1 Å². The Morgan fingerprint density at radius 3 is 2.60 bits per heavy atom. The van der Waals surface area contributed by atoms with Crippen LogP contribution in [-0.4, -0.2) is 57.4 Å². The average Bonchev–Trinajstić information content (AvgIpc) is 3.16. The highest BCUT2D eigenvalue weighted by Crippen LogP contribution is 2.21. The van der Waals surface area contributed by atoms with Gasteiger partial charge in [0.05, 0.1) is 11.7 Å². The van der Waals surface area contributed by atoms with Gasteiger partial charge in [-0.2, -0.15) is 0 Å². The first kappa shape index (κ1) is 21.2. The highest BCUT2D eigenvalue weighted by Gasteiger charge is 2.34. The average molecular weight is 430 g/mol. The zero-order chi connectivity index (χ0) is 21.8. The Labute approximate surface area is 175 Å². The molecular weight excluding hydrogens is 412 g/mol. The molecule has 1 aromatic carbocycles. The van der Waals surface area contributed by atoms with Crippen LogP contribution in [0.15, 0.2) is 38.9 Å². The number of nitrogens with one attached hydrogen (secondary N) is 1. The molecule has 2 aromatic rings. The van der Waals surface area contributed by atoms with E-state index in [1.165, 1.54) is 19.2 Å². The standard InChI is InChI=1S/C18H18N6O5S/c1-9-12(16(27)24(2)17(28)20-9)7-14-22-23-18(29-14)30-8-13(25)21-11-5-3-10(4-6-11)15(19)26/h3-6,12H,7-8H2,1-2H3,(H2,19,26)(H,21,25). The molecule has 3 N–H and O–H groups in total. The van der Waals surface area contributed by atoms with Crippen molar-refractivity contribution >= 4 is 46.9 Å². The lowest BCUT2D eigenvalue weighted by Crippen LogP contribution is -2.44. The fourth-order valence-electron chi connectivity index (χ4n) is 2.64. The lowest BCUT2D eigenvalue weighted by atomic mass is 9.97. The van der Waals surface area contributed by atoms with Crippen LogP contribution >= 0.6 is 11.8 Å². The van der Waals surface area contributed by atoms with Gasteiger partial charge in [-0.3, -0.25) is 19.3 Å². The Morgan fingerprint density at radius 2 is 1.93 bits per heavy atom. The highest BCUT2D eigenvalue weighted by molar-refractivity contribution is 7.99. The van der Waals surface area contributed by atoms with Crippen molar-refractivity contribution < 1.29 is 23.6 Å². The van der Waals surface area contributed by atoms with Crippen molar-refractivity contribution in [2.75, 3.05) is 18.1 Å². The highest BCUT2D eigenvalue weighted by atomic mass is 32.2. The minimum atomic E-state index is -0.655. The summed E-state index contributed by atoms with van der Waals surface area (Å²) in [5.74, 6) is -1.68. The lowest BCUT2D eigenvalue weighted by molar-refractivity contribution is -0.129. The second-order valence-electron chi connectivity index (χ2n) is 6.43. The van der Waals surface area contributed by atoms with E-state index in [1.807, 2.05) is 0 Å². The van der Waals surface area contributed by atoms with Crippen LogP contribution in [0.25, 0.3) is 0 Å². The smallest absolute Gasteiger partial charge is 0.349 e. The van der Waals surface area contributed by atoms with Crippen LogP contribution in [-0.2, 0) is 16.0 Å². The molecule has 11 nitrogen and oxygen atoms in total. The Morgan fingerprint density at radius 1 is 1.23 bits per heavy atom. The van der Waals surface area contributed by atoms with E-state index in [9.17, 15) is 19.2 Å². The molecule has 2 heterocycles. The molecule has 30 heavy (non-hydrogen) atoms. The summed E-state index contributed by atoms with van der Waals surface area (Å²) in [6, 6.07) is 5.56. The molecule has 1 aliphatic heterocycles. The number of rotatable bonds is 7. The van der Waals surface area contributed by atoms with E-state index in [1.54, 1.807) is 19.1 Å². The molecule has 0 radical (unpaired) electrons. The number of imide groups is 1. The molecule has 0 saturated carbocycles. The quantitative estimate of drug-likeness (QED) is 0.618. The van der Waals surface area contributed by atoms with Crippen molar-refractivity contribution in [2.45, 2.75) is 18.6 Å². The number of hydrogen-bond acceptors (Lipinski definition) is 8. The maximum absolute atomic E-state index is 12.3. The van der Waals surface area contributed by atoms with E-state index < -0.39 is 17.9 Å². The summed E-state index contributed by atoms with van der Waals surface area (Å²) in [4.78, 5) is 51.7. The molecule has 0 aliphatic carbocycles. The summed E-state index contributed by atoms with van der Waals surface area (Å²) >= 11 is 1.04. The van der Waals surface area contributed by atoms with Crippen molar-refractivity contribution in [3.8, 4) is 0 Å². The zero-order valence-electron chi connectivity index (χ0n) is 16.1. The third kappa shape index (κ3) is 4.89. The Balaban J connectivity index is 1.53. The summed E-state index contributed by atoms with van der Waals surface area (Å²) in [7, 11) is 1.36. The number of urea groups is 1. The monoisotopic (exact) mass is 430 g/mol. The number of hydrogen-bond donors (Lipinski definition) is 2. The molecule has 3 rings (SSSR count). The summed E-state index contributed by atoms with van der Waals surface area (Å²) in [5, 5.41) is 10.6. The number of carbonyl (C=O) groups is 4. The maximum atomic E-state index is 12.3. The second-order valence-corrected chi connectivity index (χ2v) is 7.36. The first-order valence-corrected chi connectivity index (χ1v) is 9.74. The molecule has 1 aliphatic rings. The predicted octanol–water partition coefficient (Wildman–Crippen LogP) is 1.11. The third-order valence-corrected chi connectivity index (χ3v) is 5.12. The van der Waals surface area contributed by atoms with E-state index >= 15 is 0 Å². The molecule has 0 saturated heterocycles. The molecule has 156 valence electrons. The van der Waals surface area contributed by atoms with Crippen LogP contribution in [0.2, 0.25) is 0 Å². The van der Waals surface area contributed by atoms with Crippen molar-refractivity contribution in [3.05, 3.63) is 35.7 Å². The maximum Gasteiger partial charge on any atom is 0.349 e. The van der Waals surface area contributed by atoms with Gasteiger partial charge in [0.2, 0.25) is 23.6 Å². The molecular formula is C18H18N6O5S. The number of amides is 5. The molecule has 0 fully saturated rings. The third-order valence-electron chi connectivity index (χ3n) is 4.30. The van der Waals surface area contributed by atoms with Gasteiger partial charge in [-0.1, -0.05) is 11.8 Å². The number of primary amides is 1. The first-order chi connectivity index (χ1) is 14.2. The van der Waals surface area contributed by atoms with Gasteiger partial charge in [-0.05, 0) is 31.2 Å². The summed E-state index contributed by atoms with van der Waals surface area (Å²) in [6.45, 7) is 1.60.